The van der Waals surface area contributed by atoms with Crippen LogP contribution in [0.2, 0.25) is 0 Å². The van der Waals surface area contributed by atoms with Crippen LogP contribution in [0.4, 0.5) is 0 Å². The Labute approximate surface area is 141 Å². The summed E-state index contributed by atoms with van der Waals surface area (Å²) in [7, 11) is 0. The van der Waals surface area contributed by atoms with Crippen molar-refractivity contribution >= 4 is 47.1 Å². The predicted octanol–water partition coefficient (Wildman–Crippen LogP) is 0.392. The normalized spacial score (nSPS) is 28.5. The van der Waals surface area contributed by atoms with E-state index < -0.39 is 6.17 Å². The Morgan fingerprint density at radius 1 is 1.37 bits per heavy atom. The molecular weight excluding hydrogens is 273 g/mol. The summed E-state index contributed by atoms with van der Waals surface area (Å²) in [5.74, 6) is 1.11. The number of thioether (sulfide) groups is 1. The molecule has 2 heterocycles. The van der Waals surface area contributed by atoms with Gasteiger partial charge in [0.2, 0.25) is 0 Å². The van der Waals surface area contributed by atoms with Gasteiger partial charge in [-0.15, -0.1) is 16.8 Å². The van der Waals surface area contributed by atoms with Crippen molar-refractivity contribution in [3.63, 3.8) is 0 Å². The van der Waals surface area contributed by atoms with E-state index in [4.69, 9.17) is 0 Å². The molecule has 19 heavy (non-hydrogen) atoms. The van der Waals surface area contributed by atoms with Crippen LogP contribution < -0.4 is 0 Å². The van der Waals surface area contributed by atoms with Crippen molar-refractivity contribution in [2.75, 3.05) is 31.9 Å². The zero-order chi connectivity index (χ0) is 13.1. The van der Waals surface area contributed by atoms with Crippen molar-refractivity contribution in [2.45, 2.75) is 38.4 Å². The topological polar surface area (TPSA) is 47.0 Å². The van der Waals surface area contributed by atoms with Crippen LogP contribution in [0.3, 0.4) is 0 Å². The summed E-state index contributed by atoms with van der Waals surface area (Å²) in [6.07, 6.45) is 1.55. The second kappa shape index (κ2) is 8.34. The molecule has 0 aliphatic carbocycles. The van der Waals surface area contributed by atoms with Gasteiger partial charge in [-0.05, 0) is 25.9 Å². The zero-order valence-electron chi connectivity index (χ0n) is 11.2. The van der Waals surface area contributed by atoms with Crippen LogP contribution in [0.15, 0.2) is 0 Å². The number of ketones is 1. The van der Waals surface area contributed by atoms with E-state index in [0.717, 1.165) is 38.2 Å². The molecule has 0 spiro atoms. The molecule has 0 aromatic heterocycles. The van der Waals surface area contributed by atoms with Crippen molar-refractivity contribution in [3.05, 3.63) is 0 Å². The first-order valence-corrected chi connectivity index (χ1v) is 7.83. The first-order valence-electron chi connectivity index (χ1n) is 6.78. The summed E-state index contributed by atoms with van der Waals surface area (Å²) in [6, 6.07) is 0. The third-order valence-electron chi connectivity index (χ3n) is 3.45. The zero-order valence-corrected chi connectivity index (χ0v) is 12.0. The summed E-state index contributed by atoms with van der Waals surface area (Å²) in [6.45, 7) is 7.30. The van der Waals surface area contributed by atoms with Gasteiger partial charge in [-0.2, -0.15) is 0 Å². The van der Waals surface area contributed by atoms with Gasteiger partial charge in [0.25, 0.3) is 0 Å². The number of hydrogen-bond donors (Lipinski definition) is 1. The van der Waals surface area contributed by atoms with Gasteiger partial charge in [-0.3, -0.25) is 14.6 Å². The fraction of sp³-hybridized carbons (Fsp3) is 0.917. The monoisotopic (exact) mass is 297 g/mol. The second-order valence-corrected chi connectivity index (χ2v) is 6.09. The van der Waals surface area contributed by atoms with Crippen LogP contribution >= 0.6 is 11.8 Å². The van der Waals surface area contributed by atoms with Gasteiger partial charge in [-0.1, -0.05) is 13.8 Å². The summed E-state index contributed by atoms with van der Waals surface area (Å²) >= 11 is 1.72. The predicted molar refractivity (Wildman–Crippen MR) is 79.5 cm³/mol. The van der Waals surface area contributed by atoms with Crippen LogP contribution in [0.1, 0.15) is 26.7 Å². The molecule has 2 atom stereocenters. The number of carbonyl (C=O) groups excluding carboxylic acids is 1. The van der Waals surface area contributed by atoms with E-state index in [2.05, 4.69) is 23.6 Å². The van der Waals surface area contributed by atoms with E-state index in [9.17, 15) is 10.0 Å². The molecule has 0 bridgehead atoms. The molecule has 0 amide bonds. The third kappa shape index (κ3) is 3.95. The quantitative estimate of drug-likeness (QED) is 0.741. The third-order valence-corrected chi connectivity index (χ3v) is 4.68. The minimum absolute atomic E-state index is 0. The molecule has 0 aromatic carbocycles. The molecule has 2 saturated heterocycles. The van der Waals surface area contributed by atoms with Gasteiger partial charge in [0.05, 0.1) is 6.54 Å². The Kier molecular flexibility index (Phi) is 7.86. The standard InChI is InChI=1S/C12H23N3O2S.Na.H/c1-3-5-13(6-4-2)11-10(16)9-14-7-8-18-12(14)15(11)17;;/h11-12,17H,3-9H2,1-2H3;;. The molecule has 106 valence electrons. The van der Waals surface area contributed by atoms with Crippen LogP contribution in [0.5, 0.6) is 0 Å². The minimum atomic E-state index is -0.447. The molecular formula is C12H24N3NaO2S. The number of hydrogen-bond acceptors (Lipinski definition) is 6. The summed E-state index contributed by atoms with van der Waals surface area (Å²) in [4.78, 5) is 16.4. The Morgan fingerprint density at radius 3 is 2.58 bits per heavy atom. The van der Waals surface area contributed by atoms with E-state index in [1.165, 1.54) is 5.06 Å². The van der Waals surface area contributed by atoms with Gasteiger partial charge >= 0.3 is 29.6 Å². The van der Waals surface area contributed by atoms with Crippen LogP contribution in [0, 0.1) is 0 Å². The summed E-state index contributed by atoms with van der Waals surface area (Å²) in [5, 5.41) is 11.6. The molecule has 2 fully saturated rings. The SMILES string of the molecule is CCCN(CCC)C1C(=O)CN2CCSC2N1O.[NaH]. The molecule has 7 heteroatoms. The van der Waals surface area contributed by atoms with Crippen LogP contribution in [0.25, 0.3) is 0 Å². The number of hydroxylamine groups is 2. The van der Waals surface area contributed by atoms with Gasteiger partial charge in [0, 0.05) is 12.3 Å². The molecule has 0 saturated carbocycles. The van der Waals surface area contributed by atoms with Gasteiger partial charge in [0.1, 0.15) is 11.7 Å². The van der Waals surface area contributed by atoms with Crippen LogP contribution in [-0.4, -0.2) is 99.0 Å². The van der Waals surface area contributed by atoms with Crippen molar-refractivity contribution in [2.24, 2.45) is 0 Å². The fourth-order valence-electron chi connectivity index (χ4n) is 2.74. The number of Topliss-reactive ketones (excluding diaryl/α,β-unsaturated/α-hetero) is 1. The van der Waals surface area contributed by atoms with Crippen molar-refractivity contribution in [1.29, 1.82) is 0 Å². The number of rotatable bonds is 5. The molecule has 2 rings (SSSR count). The molecule has 1 N–H and O–H groups in total. The maximum absolute atomic E-state index is 12.2. The average Bonchev–Trinajstić information content (AvgIpc) is 2.77. The average molecular weight is 297 g/mol. The summed E-state index contributed by atoms with van der Waals surface area (Å²) < 4.78 is 0. The van der Waals surface area contributed by atoms with E-state index in [1.807, 2.05) is 0 Å². The maximum atomic E-state index is 12.2. The second-order valence-electron chi connectivity index (χ2n) is 4.92. The van der Waals surface area contributed by atoms with Gasteiger partial charge < -0.3 is 5.21 Å². The van der Waals surface area contributed by atoms with Gasteiger partial charge in [-0.25, -0.2) is 0 Å². The number of carbonyl (C=O) groups is 1. The van der Waals surface area contributed by atoms with Crippen LogP contribution in [-0.2, 0) is 4.79 Å². The summed E-state index contributed by atoms with van der Waals surface area (Å²) in [5.41, 5.74) is -0.0380. The number of nitrogens with zero attached hydrogens (tertiary/aromatic N) is 3. The first-order chi connectivity index (χ1) is 8.69. The first kappa shape index (κ1) is 17.9. The van der Waals surface area contributed by atoms with Crippen molar-refractivity contribution in [1.82, 2.24) is 14.9 Å². The van der Waals surface area contributed by atoms with E-state index in [-0.39, 0.29) is 40.8 Å². The molecule has 0 radical (unpaired) electrons. The van der Waals surface area contributed by atoms with Gasteiger partial charge in [0.15, 0.2) is 5.78 Å². The Morgan fingerprint density at radius 2 is 2.00 bits per heavy atom. The molecule has 2 unspecified atom stereocenters. The molecule has 0 aromatic rings. The van der Waals surface area contributed by atoms with E-state index in [0.29, 0.717) is 6.54 Å². The van der Waals surface area contributed by atoms with Crippen molar-refractivity contribution < 1.29 is 10.0 Å². The van der Waals surface area contributed by atoms with Crippen molar-refractivity contribution in [3.8, 4) is 0 Å². The Balaban J connectivity index is 0.00000180. The molecule has 5 nitrogen and oxygen atoms in total. The van der Waals surface area contributed by atoms with E-state index >= 15 is 0 Å². The number of fused-ring (bicyclic) bond motifs is 1. The molecule has 2 aliphatic rings. The Bertz CT molecular complexity index is 301. The van der Waals surface area contributed by atoms with E-state index in [1.54, 1.807) is 11.8 Å². The Hall–Kier alpha value is 0.860. The fourth-order valence-corrected chi connectivity index (χ4v) is 3.95. The molecule has 2 aliphatic heterocycles.